The van der Waals surface area contributed by atoms with E-state index in [1.807, 2.05) is 7.05 Å². The Morgan fingerprint density at radius 1 is 1.19 bits per heavy atom. The topological polar surface area (TPSA) is 66.6 Å². The highest BCUT2D eigenvalue weighted by Gasteiger charge is 2.21. The molecule has 21 heavy (non-hydrogen) atoms. The summed E-state index contributed by atoms with van der Waals surface area (Å²) in [5.74, 6) is 0.684. The molecule has 0 radical (unpaired) electrons. The van der Waals surface area contributed by atoms with E-state index in [-0.39, 0.29) is 4.90 Å². The van der Waals surface area contributed by atoms with Gasteiger partial charge in [0.15, 0.2) is 0 Å². The number of hydrogen-bond donors (Lipinski definition) is 1. The average molecular weight is 311 g/mol. The molecule has 0 heterocycles. The van der Waals surface area contributed by atoms with Crippen molar-refractivity contribution in [2.24, 2.45) is 5.92 Å². The van der Waals surface area contributed by atoms with E-state index < -0.39 is 10.0 Å². The van der Waals surface area contributed by atoms with Crippen LogP contribution in [-0.4, -0.2) is 40.4 Å². The smallest absolute Gasteiger partial charge is 0.242 e. The summed E-state index contributed by atoms with van der Waals surface area (Å²) < 4.78 is 25.7. The Kier molecular flexibility index (Phi) is 4.78. The molecule has 1 fully saturated rings. The third-order valence-corrected chi connectivity index (χ3v) is 6.01. The fourth-order valence-electron chi connectivity index (χ4n) is 2.90. The van der Waals surface area contributed by atoms with Gasteiger partial charge >= 0.3 is 0 Å². The van der Waals surface area contributed by atoms with Crippen molar-refractivity contribution in [2.45, 2.75) is 30.6 Å². The normalized spacial score (nSPS) is 16.6. The van der Waals surface area contributed by atoms with Crippen LogP contribution in [0.1, 0.15) is 25.7 Å². The number of nitrogens with two attached hydrogens (primary N) is 1. The Hall–Kier alpha value is -1.27. The van der Waals surface area contributed by atoms with E-state index in [9.17, 15) is 8.42 Å². The van der Waals surface area contributed by atoms with Crippen molar-refractivity contribution < 1.29 is 8.42 Å². The minimum absolute atomic E-state index is 0.287. The molecule has 0 bridgehead atoms. The Morgan fingerprint density at radius 3 is 2.38 bits per heavy atom. The van der Waals surface area contributed by atoms with E-state index in [1.54, 1.807) is 18.2 Å². The van der Waals surface area contributed by atoms with Crippen molar-refractivity contribution in [2.75, 3.05) is 38.3 Å². The van der Waals surface area contributed by atoms with Crippen LogP contribution in [0.3, 0.4) is 0 Å². The molecule has 1 aliphatic rings. The van der Waals surface area contributed by atoms with Gasteiger partial charge in [0.05, 0.1) is 16.3 Å². The Balaban J connectivity index is 2.26. The van der Waals surface area contributed by atoms with Crippen LogP contribution >= 0.6 is 0 Å². The summed E-state index contributed by atoms with van der Waals surface area (Å²) in [5.41, 5.74) is 7.45. The van der Waals surface area contributed by atoms with Crippen LogP contribution in [0.4, 0.5) is 11.4 Å². The number of rotatable bonds is 5. The second-order valence-corrected chi connectivity index (χ2v) is 8.19. The van der Waals surface area contributed by atoms with Crippen LogP contribution < -0.4 is 10.6 Å². The molecule has 0 aliphatic heterocycles. The highest BCUT2D eigenvalue weighted by molar-refractivity contribution is 7.89. The third kappa shape index (κ3) is 3.49. The predicted molar refractivity (Wildman–Crippen MR) is 87.0 cm³/mol. The first-order valence-electron chi connectivity index (χ1n) is 7.35. The number of nitrogen functional groups attached to an aromatic ring is 1. The monoisotopic (exact) mass is 311 g/mol. The van der Waals surface area contributed by atoms with Crippen molar-refractivity contribution >= 4 is 21.4 Å². The minimum atomic E-state index is -3.43. The first-order chi connectivity index (χ1) is 9.82. The van der Waals surface area contributed by atoms with Crippen molar-refractivity contribution in [3.63, 3.8) is 0 Å². The van der Waals surface area contributed by atoms with Gasteiger partial charge in [-0.3, -0.25) is 0 Å². The molecule has 0 aromatic heterocycles. The molecule has 0 atom stereocenters. The molecule has 6 heteroatoms. The van der Waals surface area contributed by atoms with Gasteiger partial charge in [-0.25, -0.2) is 12.7 Å². The van der Waals surface area contributed by atoms with Gasteiger partial charge < -0.3 is 10.6 Å². The molecular formula is C15H25N3O2S. The molecule has 5 nitrogen and oxygen atoms in total. The zero-order valence-electron chi connectivity index (χ0n) is 13.0. The highest BCUT2D eigenvalue weighted by atomic mass is 32.2. The van der Waals surface area contributed by atoms with Crippen LogP contribution in [0.15, 0.2) is 23.1 Å². The molecule has 0 amide bonds. The molecule has 1 saturated carbocycles. The second-order valence-electron chi connectivity index (χ2n) is 6.04. The zero-order chi connectivity index (χ0) is 15.6. The van der Waals surface area contributed by atoms with Gasteiger partial charge in [0.25, 0.3) is 0 Å². The summed E-state index contributed by atoms with van der Waals surface area (Å²) in [6.45, 7) is 0.926. The second kappa shape index (κ2) is 6.23. The Bertz CT molecular complexity index is 593. The molecule has 118 valence electrons. The van der Waals surface area contributed by atoms with Crippen LogP contribution in [-0.2, 0) is 10.0 Å². The van der Waals surface area contributed by atoms with Gasteiger partial charge in [-0.1, -0.05) is 12.8 Å². The molecule has 1 aliphatic carbocycles. The van der Waals surface area contributed by atoms with Crippen LogP contribution in [0.5, 0.6) is 0 Å². The molecule has 1 aromatic rings. The average Bonchev–Trinajstić information content (AvgIpc) is 2.91. The van der Waals surface area contributed by atoms with Gasteiger partial charge in [-0.05, 0) is 37.0 Å². The maximum Gasteiger partial charge on any atom is 0.242 e. The minimum Gasteiger partial charge on any atom is -0.397 e. The summed E-state index contributed by atoms with van der Waals surface area (Å²) >= 11 is 0. The Morgan fingerprint density at radius 2 is 1.81 bits per heavy atom. The fourth-order valence-corrected chi connectivity index (χ4v) is 3.83. The van der Waals surface area contributed by atoms with Gasteiger partial charge in [0, 0.05) is 27.7 Å². The van der Waals surface area contributed by atoms with Gasteiger partial charge in [-0.15, -0.1) is 0 Å². The summed E-state index contributed by atoms with van der Waals surface area (Å²) in [7, 11) is 1.63. The van der Waals surface area contributed by atoms with E-state index in [2.05, 4.69) is 4.90 Å². The van der Waals surface area contributed by atoms with E-state index in [1.165, 1.54) is 44.1 Å². The number of benzene rings is 1. The Labute approximate surface area is 127 Å². The van der Waals surface area contributed by atoms with Crippen molar-refractivity contribution in [3.05, 3.63) is 18.2 Å². The summed E-state index contributed by atoms with van der Waals surface area (Å²) in [4.78, 5) is 2.37. The van der Waals surface area contributed by atoms with Crippen LogP contribution in [0.2, 0.25) is 0 Å². The van der Waals surface area contributed by atoms with Crippen LogP contribution in [0.25, 0.3) is 0 Å². The fraction of sp³-hybridized carbons (Fsp3) is 0.600. The largest absolute Gasteiger partial charge is 0.397 e. The lowest BCUT2D eigenvalue weighted by molar-refractivity contribution is 0.520. The maximum absolute atomic E-state index is 12.2. The van der Waals surface area contributed by atoms with E-state index in [0.717, 1.165) is 12.2 Å². The van der Waals surface area contributed by atoms with Gasteiger partial charge in [0.2, 0.25) is 10.0 Å². The van der Waals surface area contributed by atoms with Crippen molar-refractivity contribution in [1.29, 1.82) is 0 Å². The first kappa shape index (κ1) is 16.1. The molecule has 1 aromatic carbocycles. The quantitative estimate of drug-likeness (QED) is 0.846. The zero-order valence-corrected chi connectivity index (χ0v) is 13.9. The summed E-state index contributed by atoms with van der Waals surface area (Å²) in [6, 6.07) is 4.92. The highest BCUT2D eigenvalue weighted by Crippen LogP contribution is 2.31. The van der Waals surface area contributed by atoms with E-state index in [0.29, 0.717) is 11.6 Å². The molecule has 0 unspecified atom stereocenters. The number of sulfonamides is 1. The summed E-state index contributed by atoms with van der Waals surface area (Å²) in [6.07, 6.45) is 5.09. The molecule has 2 rings (SSSR count). The molecule has 0 spiro atoms. The van der Waals surface area contributed by atoms with Crippen molar-refractivity contribution in [1.82, 2.24) is 4.31 Å². The van der Waals surface area contributed by atoms with E-state index >= 15 is 0 Å². The standard InChI is InChI=1S/C15H25N3O2S/c1-17(2)21(19,20)13-8-9-14(16)15(10-13)18(3)11-12-6-4-5-7-12/h8-10,12H,4-7,11,16H2,1-3H3. The summed E-state index contributed by atoms with van der Waals surface area (Å²) in [5, 5.41) is 0. The lowest BCUT2D eigenvalue weighted by atomic mass is 10.1. The van der Waals surface area contributed by atoms with Gasteiger partial charge in [0.1, 0.15) is 0 Å². The first-order valence-corrected chi connectivity index (χ1v) is 8.79. The van der Waals surface area contributed by atoms with Crippen LogP contribution in [0, 0.1) is 5.92 Å². The number of anilines is 2. The predicted octanol–water partition coefficient (Wildman–Crippen LogP) is 2.15. The lowest BCUT2D eigenvalue weighted by Gasteiger charge is -2.25. The number of hydrogen-bond acceptors (Lipinski definition) is 4. The SMILES string of the molecule is CN(CC1CCCC1)c1cc(S(=O)(=O)N(C)C)ccc1N. The molecule has 2 N–H and O–H groups in total. The third-order valence-electron chi connectivity index (χ3n) is 4.20. The van der Waals surface area contributed by atoms with Gasteiger partial charge in [-0.2, -0.15) is 0 Å². The molecular weight excluding hydrogens is 286 g/mol. The van der Waals surface area contributed by atoms with E-state index in [4.69, 9.17) is 5.73 Å². The molecule has 0 saturated heterocycles. The number of nitrogens with zero attached hydrogens (tertiary/aromatic N) is 2. The maximum atomic E-state index is 12.2. The lowest BCUT2D eigenvalue weighted by Crippen LogP contribution is -2.26. The van der Waals surface area contributed by atoms with Crippen molar-refractivity contribution in [3.8, 4) is 0 Å².